The molecular weight excluding hydrogens is 422 g/mol. The molecule has 0 saturated heterocycles. The van der Waals surface area contributed by atoms with Gasteiger partial charge in [0.25, 0.3) is 5.91 Å². The lowest BCUT2D eigenvalue weighted by molar-refractivity contribution is -0.119. The van der Waals surface area contributed by atoms with E-state index in [1.54, 1.807) is 18.3 Å². The van der Waals surface area contributed by atoms with Crippen molar-refractivity contribution in [2.45, 2.75) is 13.5 Å². The third kappa shape index (κ3) is 6.16. The zero-order valence-corrected chi connectivity index (χ0v) is 18.2. The van der Waals surface area contributed by atoms with Gasteiger partial charge in [0.2, 0.25) is 6.79 Å². The fourth-order valence-corrected chi connectivity index (χ4v) is 3.13. The molecule has 1 heterocycles. The summed E-state index contributed by atoms with van der Waals surface area (Å²) >= 11 is 0. The van der Waals surface area contributed by atoms with Crippen molar-refractivity contribution in [3.63, 3.8) is 0 Å². The van der Waals surface area contributed by atoms with Crippen LogP contribution in [-0.4, -0.2) is 32.1 Å². The van der Waals surface area contributed by atoms with Gasteiger partial charge >= 0.3 is 0 Å². The minimum Gasteiger partial charge on any atom is -0.490 e. The molecule has 0 atom stereocenters. The van der Waals surface area contributed by atoms with E-state index in [0.717, 1.165) is 16.8 Å². The normalized spacial score (nSPS) is 11.9. The molecule has 0 saturated carbocycles. The Bertz CT molecular complexity index is 1120. The monoisotopic (exact) mass is 447 g/mol. The van der Waals surface area contributed by atoms with Gasteiger partial charge in [-0.1, -0.05) is 30.3 Å². The molecule has 0 unspecified atom stereocenters. The summed E-state index contributed by atoms with van der Waals surface area (Å²) in [5.41, 5.74) is 5.11. The molecule has 3 aromatic rings. The Labute approximate surface area is 192 Å². The molecule has 2 N–H and O–H groups in total. The van der Waals surface area contributed by atoms with Crippen molar-refractivity contribution in [1.29, 1.82) is 0 Å². The smallest absolute Gasteiger partial charge is 0.259 e. The predicted octanol–water partition coefficient (Wildman–Crippen LogP) is 3.96. The molecule has 0 spiro atoms. The highest BCUT2D eigenvalue weighted by Crippen LogP contribution is 2.34. The highest BCUT2D eigenvalue weighted by molar-refractivity contribution is 5.85. The van der Waals surface area contributed by atoms with Crippen LogP contribution < -0.4 is 29.7 Å². The number of hydrazone groups is 1. The number of rotatable bonds is 10. The number of carbonyl (C=O) groups is 1. The maximum Gasteiger partial charge on any atom is 0.259 e. The Balaban J connectivity index is 1.29. The van der Waals surface area contributed by atoms with Gasteiger partial charge in [0.15, 0.2) is 23.0 Å². The second kappa shape index (κ2) is 10.9. The number of nitrogens with zero attached hydrogens (tertiary/aromatic N) is 1. The fourth-order valence-electron chi connectivity index (χ4n) is 3.13. The third-order valence-corrected chi connectivity index (χ3v) is 4.73. The third-order valence-electron chi connectivity index (χ3n) is 4.73. The van der Waals surface area contributed by atoms with Gasteiger partial charge in [-0.05, 0) is 48.4 Å². The largest absolute Gasteiger partial charge is 0.490 e. The highest BCUT2D eigenvalue weighted by Gasteiger charge is 2.13. The number of carbonyl (C=O) groups excluding carboxylic acids is 1. The molecule has 1 amide bonds. The molecule has 170 valence electrons. The average molecular weight is 447 g/mol. The maximum absolute atomic E-state index is 12.1. The van der Waals surface area contributed by atoms with Crippen molar-refractivity contribution in [2.75, 3.05) is 25.3 Å². The summed E-state index contributed by atoms with van der Waals surface area (Å²) in [6.07, 6.45) is 1.56. The summed E-state index contributed by atoms with van der Waals surface area (Å²) in [5, 5.41) is 7.06. The number of ether oxygens (including phenoxy) is 4. The fraction of sp³-hybridized carbons (Fsp3) is 0.200. The quantitative estimate of drug-likeness (QED) is 0.361. The summed E-state index contributed by atoms with van der Waals surface area (Å²) in [6.45, 7) is 3.13. The van der Waals surface area contributed by atoms with Crippen molar-refractivity contribution in [3.05, 3.63) is 77.9 Å². The zero-order chi connectivity index (χ0) is 22.9. The molecule has 0 aliphatic carbocycles. The summed E-state index contributed by atoms with van der Waals surface area (Å²) in [7, 11) is 0. The van der Waals surface area contributed by atoms with Crippen LogP contribution in [0.3, 0.4) is 0 Å². The lowest BCUT2D eigenvalue weighted by Gasteiger charge is -2.12. The Morgan fingerprint density at radius 1 is 1.00 bits per heavy atom. The molecule has 8 nitrogen and oxygen atoms in total. The number of hydrogen-bond acceptors (Lipinski definition) is 7. The summed E-state index contributed by atoms with van der Waals surface area (Å²) in [6, 6.07) is 20.8. The average Bonchev–Trinajstić information content (AvgIpc) is 3.31. The summed E-state index contributed by atoms with van der Waals surface area (Å²) in [5.74, 6) is 2.33. The topological polar surface area (TPSA) is 90.4 Å². The lowest BCUT2D eigenvalue weighted by atomic mass is 10.2. The van der Waals surface area contributed by atoms with Gasteiger partial charge in [-0.3, -0.25) is 4.79 Å². The maximum atomic E-state index is 12.1. The van der Waals surface area contributed by atoms with E-state index in [1.165, 1.54) is 0 Å². The second-order valence-electron chi connectivity index (χ2n) is 7.13. The number of nitrogens with one attached hydrogen (secondary N) is 2. The van der Waals surface area contributed by atoms with E-state index in [-0.39, 0.29) is 19.2 Å². The van der Waals surface area contributed by atoms with Crippen LogP contribution in [0.4, 0.5) is 5.69 Å². The van der Waals surface area contributed by atoms with Crippen LogP contribution in [0.15, 0.2) is 71.8 Å². The highest BCUT2D eigenvalue weighted by atomic mass is 16.7. The predicted molar refractivity (Wildman–Crippen MR) is 125 cm³/mol. The van der Waals surface area contributed by atoms with Gasteiger partial charge in [-0.15, -0.1) is 0 Å². The molecule has 0 fully saturated rings. The van der Waals surface area contributed by atoms with Crippen LogP contribution in [0.5, 0.6) is 23.0 Å². The molecule has 0 bridgehead atoms. The first-order valence-corrected chi connectivity index (χ1v) is 10.6. The molecule has 1 aliphatic heterocycles. The Kier molecular flexibility index (Phi) is 7.27. The van der Waals surface area contributed by atoms with Crippen molar-refractivity contribution in [1.82, 2.24) is 5.43 Å². The molecule has 8 heteroatoms. The van der Waals surface area contributed by atoms with Crippen molar-refractivity contribution >= 4 is 17.8 Å². The van der Waals surface area contributed by atoms with Crippen LogP contribution in [0.25, 0.3) is 0 Å². The van der Waals surface area contributed by atoms with Gasteiger partial charge < -0.3 is 24.3 Å². The molecule has 1 aliphatic rings. The van der Waals surface area contributed by atoms with Gasteiger partial charge in [-0.2, -0.15) is 5.10 Å². The van der Waals surface area contributed by atoms with Gasteiger partial charge in [-0.25, -0.2) is 5.43 Å². The Hall–Kier alpha value is -4.20. The van der Waals surface area contributed by atoms with E-state index in [4.69, 9.17) is 18.9 Å². The van der Waals surface area contributed by atoms with E-state index >= 15 is 0 Å². The number of hydrogen-bond donors (Lipinski definition) is 2. The van der Waals surface area contributed by atoms with E-state index in [9.17, 15) is 4.79 Å². The number of anilines is 1. The molecule has 0 radical (unpaired) electrons. The van der Waals surface area contributed by atoms with Crippen LogP contribution >= 0.6 is 0 Å². The molecule has 4 rings (SSSR count). The molecule has 0 aromatic heterocycles. The van der Waals surface area contributed by atoms with Crippen LogP contribution in [0.1, 0.15) is 18.1 Å². The van der Waals surface area contributed by atoms with Crippen molar-refractivity contribution in [2.24, 2.45) is 5.10 Å². The SMILES string of the molecule is CCOc1cc(/C=N\NC(=O)CNc2ccc3c(c2)OCO3)ccc1OCc1ccccc1. The Morgan fingerprint density at radius 2 is 1.85 bits per heavy atom. The lowest BCUT2D eigenvalue weighted by Crippen LogP contribution is -2.25. The first-order valence-electron chi connectivity index (χ1n) is 10.6. The van der Waals surface area contributed by atoms with Crippen LogP contribution in [-0.2, 0) is 11.4 Å². The minimum absolute atomic E-state index is 0.0629. The van der Waals surface area contributed by atoms with Crippen molar-refractivity contribution in [3.8, 4) is 23.0 Å². The van der Waals surface area contributed by atoms with E-state index in [0.29, 0.717) is 36.2 Å². The van der Waals surface area contributed by atoms with Crippen molar-refractivity contribution < 1.29 is 23.7 Å². The van der Waals surface area contributed by atoms with Gasteiger partial charge in [0.1, 0.15) is 6.61 Å². The van der Waals surface area contributed by atoms with Crippen LogP contribution in [0.2, 0.25) is 0 Å². The number of fused-ring (bicyclic) bond motifs is 1. The zero-order valence-electron chi connectivity index (χ0n) is 18.2. The second-order valence-corrected chi connectivity index (χ2v) is 7.13. The van der Waals surface area contributed by atoms with E-state index in [1.807, 2.05) is 61.5 Å². The standard InChI is InChI=1S/C25H25N3O5/c1-2-30-23-12-19(8-10-21(23)31-16-18-6-4-3-5-7-18)14-27-28-25(29)15-26-20-9-11-22-24(13-20)33-17-32-22/h3-14,26H,2,15-17H2,1H3,(H,28,29)/b27-14-. The summed E-state index contributed by atoms with van der Waals surface area (Å²) < 4.78 is 22.2. The number of benzene rings is 3. The molecule has 3 aromatic carbocycles. The molecular formula is C25H25N3O5. The van der Waals surface area contributed by atoms with Gasteiger partial charge in [0, 0.05) is 11.8 Å². The Morgan fingerprint density at radius 3 is 2.70 bits per heavy atom. The number of amides is 1. The minimum atomic E-state index is -0.281. The molecule has 33 heavy (non-hydrogen) atoms. The van der Waals surface area contributed by atoms with E-state index < -0.39 is 0 Å². The van der Waals surface area contributed by atoms with E-state index in [2.05, 4.69) is 15.8 Å². The van der Waals surface area contributed by atoms with Gasteiger partial charge in [0.05, 0.1) is 19.4 Å². The van der Waals surface area contributed by atoms with Crippen LogP contribution in [0, 0.1) is 0 Å². The first-order chi connectivity index (χ1) is 16.2. The first kappa shape index (κ1) is 22.0. The summed E-state index contributed by atoms with van der Waals surface area (Å²) in [4.78, 5) is 12.1.